The van der Waals surface area contributed by atoms with E-state index in [1.54, 1.807) is 27.8 Å². The molecule has 0 radical (unpaired) electrons. The Labute approximate surface area is 225 Å². The Bertz CT molecular complexity index is 1500. The van der Waals surface area contributed by atoms with Crippen LogP contribution in [0.25, 0.3) is 21.8 Å². The molecule has 0 aliphatic carbocycles. The van der Waals surface area contributed by atoms with E-state index in [1.165, 1.54) is 0 Å². The maximum atomic E-state index is 13.6. The highest BCUT2D eigenvalue weighted by molar-refractivity contribution is 7.81. The van der Waals surface area contributed by atoms with Gasteiger partial charge in [0.05, 0.1) is 27.8 Å². The van der Waals surface area contributed by atoms with Gasteiger partial charge in [-0.1, -0.05) is 6.92 Å². The second-order valence-electron chi connectivity index (χ2n) is 10.1. The van der Waals surface area contributed by atoms with Crippen molar-refractivity contribution in [3.63, 3.8) is 0 Å². The Kier molecular flexibility index (Phi) is 7.51. The first-order chi connectivity index (χ1) is 18.2. The molecule has 38 heavy (non-hydrogen) atoms. The number of anilines is 2. The van der Waals surface area contributed by atoms with Crippen LogP contribution in [0.1, 0.15) is 35.7 Å². The molecule has 1 aliphatic heterocycles. The highest BCUT2D eigenvalue weighted by Gasteiger charge is 2.23. The van der Waals surface area contributed by atoms with Gasteiger partial charge in [-0.25, -0.2) is 8.51 Å². The van der Waals surface area contributed by atoms with E-state index in [9.17, 15) is 9.00 Å². The van der Waals surface area contributed by atoms with E-state index in [0.29, 0.717) is 28.6 Å². The van der Waals surface area contributed by atoms with E-state index < -0.39 is 11.0 Å². The molecule has 1 aliphatic rings. The van der Waals surface area contributed by atoms with Crippen LogP contribution >= 0.6 is 0 Å². The molecule has 2 aromatic carbocycles. The van der Waals surface area contributed by atoms with E-state index in [2.05, 4.69) is 32.7 Å². The van der Waals surface area contributed by atoms with Crippen molar-refractivity contribution < 1.29 is 9.00 Å². The van der Waals surface area contributed by atoms with Crippen LogP contribution in [0.2, 0.25) is 0 Å². The largest absolute Gasteiger partial charge is 0.371 e. The summed E-state index contributed by atoms with van der Waals surface area (Å²) < 4.78 is 17.7. The molecule has 0 spiro atoms. The van der Waals surface area contributed by atoms with Gasteiger partial charge in [0.25, 0.3) is 5.91 Å². The van der Waals surface area contributed by atoms with E-state index in [0.717, 1.165) is 60.0 Å². The van der Waals surface area contributed by atoms with Crippen LogP contribution in [0.3, 0.4) is 0 Å². The normalized spacial score (nSPS) is 15.6. The lowest BCUT2D eigenvalue weighted by atomic mass is 10.0. The molecule has 0 bridgehead atoms. The molecule has 1 amide bonds. The van der Waals surface area contributed by atoms with Crippen molar-refractivity contribution in [2.45, 2.75) is 31.6 Å². The van der Waals surface area contributed by atoms with Crippen molar-refractivity contribution in [3.8, 4) is 0 Å². The SMILES string of the molecule is CCNC1CCN(c2ccc(C(=O)Nc3cc(CS(=O)N(C)C)c4nn(C)cc4c3)c3nn(C)cc23)CC1. The van der Waals surface area contributed by atoms with Crippen LogP contribution in [0.5, 0.6) is 0 Å². The first-order valence-electron chi connectivity index (χ1n) is 13.0. The number of hydrogen-bond acceptors (Lipinski definition) is 6. The highest BCUT2D eigenvalue weighted by atomic mass is 32.2. The van der Waals surface area contributed by atoms with Crippen LogP contribution in [-0.4, -0.2) is 73.8 Å². The molecule has 1 unspecified atom stereocenters. The molecule has 11 heteroatoms. The van der Waals surface area contributed by atoms with Crippen LogP contribution in [-0.2, 0) is 30.8 Å². The van der Waals surface area contributed by atoms with E-state index in [-0.39, 0.29) is 5.91 Å². The number of fused-ring (bicyclic) bond motifs is 2. The Morgan fingerprint density at radius 1 is 1.08 bits per heavy atom. The monoisotopic (exact) mass is 536 g/mol. The number of rotatable bonds is 8. The number of amides is 1. The number of carbonyl (C=O) groups excluding carboxylic acids is 1. The summed E-state index contributed by atoms with van der Waals surface area (Å²) in [5.41, 5.74) is 4.58. The third-order valence-corrected chi connectivity index (χ3v) is 8.46. The van der Waals surface area contributed by atoms with Gasteiger partial charge < -0.3 is 15.5 Å². The van der Waals surface area contributed by atoms with Crippen LogP contribution < -0.4 is 15.5 Å². The minimum absolute atomic E-state index is 0.228. The molecule has 1 saturated heterocycles. The lowest BCUT2D eigenvalue weighted by Crippen LogP contribution is -2.42. The zero-order chi connectivity index (χ0) is 27.0. The minimum Gasteiger partial charge on any atom is -0.371 e. The number of nitrogens with zero attached hydrogens (tertiary/aromatic N) is 6. The molecule has 5 rings (SSSR count). The fourth-order valence-corrected chi connectivity index (χ4v) is 5.99. The van der Waals surface area contributed by atoms with Gasteiger partial charge in [0.1, 0.15) is 5.52 Å². The second-order valence-corrected chi connectivity index (χ2v) is 11.8. The van der Waals surface area contributed by atoms with Gasteiger partial charge in [-0.05, 0) is 63.3 Å². The molecule has 2 aromatic heterocycles. The van der Waals surface area contributed by atoms with Gasteiger partial charge >= 0.3 is 0 Å². The molecule has 10 nitrogen and oxygen atoms in total. The lowest BCUT2D eigenvalue weighted by Gasteiger charge is -2.34. The summed E-state index contributed by atoms with van der Waals surface area (Å²) in [6.07, 6.45) is 6.08. The summed E-state index contributed by atoms with van der Waals surface area (Å²) in [4.78, 5) is 15.9. The maximum Gasteiger partial charge on any atom is 0.257 e. The van der Waals surface area contributed by atoms with E-state index in [4.69, 9.17) is 0 Å². The topological polar surface area (TPSA) is 100 Å². The summed E-state index contributed by atoms with van der Waals surface area (Å²) in [7, 11) is 6.10. The van der Waals surface area contributed by atoms with Crippen molar-refractivity contribution in [2.75, 3.05) is 43.9 Å². The Morgan fingerprint density at radius 3 is 2.50 bits per heavy atom. The number of benzene rings is 2. The summed E-state index contributed by atoms with van der Waals surface area (Å²) >= 11 is 0. The van der Waals surface area contributed by atoms with Crippen molar-refractivity contribution in [1.29, 1.82) is 0 Å². The van der Waals surface area contributed by atoms with Crippen molar-refractivity contribution in [1.82, 2.24) is 29.2 Å². The van der Waals surface area contributed by atoms with Crippen molar-refractivity contribution >= 4 is 50.1 Å². The van der Waals surface area contributed by atoms with Gasteiger partial charge in [0.2, 0.25) is 0 Å². The number of aryl methyl sites for hydroxylation is 2. The fraction of sp³-hybridized carbons (Fsp3) is 0.444. The first-order valence-corrected chi connectivity index (χ1v) is 14.3. The van der Waals surface area contributed by atoms with Crippen LogP contribution in [0, 0.1) is 0 Å². The van der Waals surface area contributed by atoms with Gasteiger partial charge in [-0.15, -0.1) is 0 Å². The predicted molar refractivity (Wildman–Crippen MR) is 154 cm³/mol. The zero-order valence-corrected chi connectivity index (χ0v) is 23.5. The summed E-state index contributed by atoms with van der Waals surface area (Å²) in [5, 5.41) is 17.7. The zero-order valence-electron chi connectivity index (χ0n) is 22.7. The number of aromatic nitrogens is 4. The standard InChI is InChI=1S/C27H36N8O2S/c1-6-28-20-9-11-35(12-10-20)24-8-7-22(26-23(24)16-34(5)31-26)27(36)29-21-13-18-15-33(4)30-25(18)19(14-21)17-38(37)32(2)3/h7-8,13-16,20,28H,6,9-12,17H2,1-5H3,(H,29,36). The smallest absolute Gasteiger partial charge is 0.257 e. The average Bonchev–Trinajstić information content (AvgIpc) is 3.45. The summed E-state index contributed by atoms with van der Waals surface area (Å²) in [6.45, 7) is 5.07. The summed E-state index contributed by atoms with van der Waals surface area (Å²) in [5.74, 6) is 0.0856. The highest BCUT2D eigenvalue weighted by Crippen LogP contribution is 2.32. The van der Waals surface area contributed by atoms with Crippen LogP contribution in [0.15, 0.2) is 36.7 Å². The molecule has 202 valence electrons. The molecular weight excluding hydrogens is 500 g/mol. The first kappa shape index (κ1) is 26.3. The molecule has 2 N–H and O–H groups in total. The number of hydrogen-bond donors (Lipinski definition) is 2. The number of nitrogens with one attached hydrogen (secondary N) is 2. The molecular formula is C27H36N8O2S. The molecule has 1 atom stereocenters. The fourth-order valence-electron chi connectivity index (χ4n) is 5.25. The number of piperidine rings is 1. The average molecular weight is 537 g/mol. The van der Waals surface area contributed by atoms with Gasteiger partial charge in [-0.2, -0.15) is 10.2 Å². The predicted octanol–water partition coefficient (Wildman–Crippen LogP) is 3.02. The Hall–Kier alpha value is -3.28. The van der Waals surface area contributed by atoms with Gasteiger partial charge in [-0.3, -0.25) is 14.2 Å². The minimum atomic E-state index is -1.20. The third-order valence-electron chi connectivity index (χ3n) is 7.09. The summed E-state index contributed by atoms with van der Waals surface area (Å²) in [6, 6.07) is 8.25. The quantitative estimate of drug-likeness (QED) is 0.359. The molecule has 0 saturated carbocycles. The van der Waals surface area contributed by atoms with Crippen LogP contribution in [0.4, 0.5) is 11.4 Å². The van der Waals surface area contributed by atoms with E-state index >= 15 is 0 Å². The molecule has 4 aromatic rings. The second kappa shape index (κ2) is 10.8. The number of carbonyl (C=O) groups is 1. The Morgan fingerprint density at radius 2 is 1.79 bits per heavy atom. The maximum absolute atomic E-state index is 13.6. The van der Waals surface area contributed by atoms with Gasteiger partial charge in [0, 0.05) is 67.8 Å². The van der Waals surface area contributed by atoms with Crippen molar-refractivity contribution in [2.24, 2.45) is 14.1 Å². The lowest BCUT2D eigenvalue weighted by molar-refractivity contribution is 0.102. The molecule has 3 heterocycles. The van der Waals surface area contributed by atoms with Crippen molar-refractivity contribution in [3.05, 3.63) is 47.8 Å². The molecule has 1 fully saturated rings. The Balaban J connectivity index is 1.44. The third kappa shape index (κ3) is 5.31. The van der Waals surface area contributed by atoms with E-state index in [1.807, 2.05) is 50.8 Å². The van der Waals surface area contributed by atoms with Gasteiger partial charge in [0.15, 0.2) is 0 Å².